The molecule has 1 amide bonds. The summed E-state index contributed by atoms with van der Waals surface area (Å²) in [5.74, 6) is 0.0320. The minimum Gasteiger partial charge on any atom is -0.370 e. The number of morpholine rings is 1. The molecule has 1 aliphatic rings. The number of hydrogen-bond donors (Lipinski definition) is 1. The monoisotopic (exact) mass is 330 g/mol. The summed E-state index contributed by atoms with van der Waals surface area (Å²) in [5, 5.41) is 6.31. The van der Waals surface area contributed by atoms with Crippen molar-refractivity contribution in [1.29, 1.82) is 0 Å². The maximum Gasteiger partial charge on any atom is 0.270 e. The van der Waals surface area contributed by atoms with Crippen LogP contribution in [0.1, 0.15) is 29.1 Å². The number of ether oxygens (including phenoxy) is 1. The highest BCUT2D eigenvalue weighted by Gasteiger charge is 2.27. The maximum absolute atomic E-state index is 12.7. The number of rotatable bonds is 3. The highest BCUT2D eigenvalue weighted by molar-refractivity contribution is 7.17. The normalized spacial score (nSPS) is 18.7. The maximum atomic E-state index is 12.7. The number of carbonyl (C=O) groups excluding carboxylic acids is 1. The summed E-state index contributed by atoms with van der Waals surface area (Å²) in [5.41, 5.74) is 2.70. The van der Waals surface area contributed by atoms with Crippen LogP contribution in [0.3, 0.4) is 0 Å². The number of aromatic amines is 1. The number of aryl methyl sites for hydroxylation is 1. The van der Waals surface area contributed by atoms with Crippen LogP contribution in [0, 0.1) is 0 Å². The van der Waals surface area contributed by atoms with E-state index in [1.807, 2.05) is 46.4 Å². The Bertz CT molecular complexity index is 805. The number of H-pyrrole nitrogens is 1. The first-order valence-electron chi connectivity index (χ1n) is 7.74. The standard InChI is InChI=1S/C16H18N4O2S/c1-2-20-9-11(8-17-20)14-10-19(4-5-22-14)16(21)13-7-15-12(18-13)3-6-23-15/h3,6-9,14,18H,2,4-5,10H2,1H3. The van der Waals surface area contributed by atoms with E-state index in [-0.39, 0.29) is 12.0 Å². The Hall–Kier alpha value is -2.12. The topological polar surface area (TPSA) is 63.2 Å². The predicted molar refractivity (Wildman–Crippen MR) is 88.7 cm³/mol. The number of aromatic nitrogens is 3. The fourth-order valence-corrected chi connectivity index (χ4v) is 3.67. The largest absolute Gasteiger partial charge is 0.370 e. The highest BCUT2D eigenvalue weighted by Crippen LogP contribution is 2.25. The van der Waals surface area contributed by atoms with Crippen LogP contribution in [-0.2, 0) is 11.3 Å². The van der Waals surface area contributed by atoms with Gasteiger partial charge in [-0.05, 0) is 24.4 Å². The molecule has 7 heteroatoms. The van der Waals surface area contributed by atoms with Crippen LogP contribution in [0.4, 0.5) is 0 Å². The third kappa shape index (κ3) is 2.66. The molecule has 0 aliphatic carbocycles. The molecular formula is C16H18N4O2S. The van der Waals surface area contributed by atoms with Crippen LogP contribution < -0.4 is 0 Å². The van der Waals surface area contributed by atoms with Crippen LogP contribution in [-0.4, -0.2) is 45.3 Å². The average molecular weight is 330 g/mol. The molecule has 120 valence electrons. The van der Waals surface area contributed by atoms with E-state index >= 15 is 0 Å². The van der Waals surface area contributed by atoms with E-state index in [2.05, 4.69) is 10.1 Å². The molecule has 0 bridgehead atoms. The van der Waals surface area contributed by atoms with Crippen molar-refractivity contribution in [2.75, 3.05) is 19.7 Å². The Labute approximate surface area is 137 Å². The lowest BCUT2D eigenvalue weighted by molar-refractivity contribution is -0.0230. The van der Waals surface area contributed by atoms with Gasteiger partial charge in [-0.25, -0.2) is 0 Å². The van der Waals surface area contributed by atoms with Crippen LogP contribution in [0.15, 0.2) is 29.9 Å². The van der Waals surface area contributed by atoms with Crippen molar-refractivity contribution in [2.45, 2.75) is 19.6 Å². The number of nitrogens with one attached hydrogen (secondary N) is 1. The number of nitrogens with zero attached hydrogens (tertiary/aromatic N) is 3. The van der Waals surface area contributed by atoms with Crippen molar-refractivity contribution in [3.63, 3.8) is 0 Å². The van der Waals surface area contributed by atoms with E-state index in [9.17, 15) is 4.79 Å². The van der Waals surface area contributed by atoms with E-state index in [1.165, 1.54) is 0 Å². The van der Waals surface area contributed by atoms with Crippen molar-refractivity contribution in [3.05, 3.63) is 41.2 Å². The fraction of sp³-hybridized carbons (Fsp3) is 0.375. The van der Waals surface area contributed by atoms with Gasteiger partial charge in [0.2, 0.25) is 0 Å². The summed E-state index contributed by atoms with van der Waals surface area (Å²) in [6.45, 7) is 4.59. The highest BCUT2D eigenvalue weighted by atomic mass is 32.1. The molecule has 6 nitrogen and oxygen atoms in total. The molecule has 3 aromatic heterocycles. The zero-order chi connectivity index (χ0) is 15.8. The number of carbonyl (C=O) groups is 1. The molecule has 0 spiro atoms. The van der Waals surface area contributed by atoms with E-state index in [0.29, 0.717) is 25.4 Å². The molecular weight excluding hydrogens is 312 g/mol. The minimum absolute atomic E-state index is 0.0320. The Morgan fingerprint density at radius 3 is 3.26 bits per heavy atom. The zero-order valence-corrected chi connectivity index (χ0v) is 13.7. The molecule has 1 N–H and O–H groups in total. The molecule has 3 aromatic rings. The Morgan fingerprint density at radius 1 is 1.57 bits per heavy atom. The van der Waals surface area contributed by atoms with E-state index in [0.717, 1.165) is 22.3 Å². The molecule has 1 saturated heterocycles. The molecule has 1 aliphatic heterocycles. The number of fused-ring (bicyclic) bond motifs is 1. The second-order valence-corrected chi connectivity index (χ2v) is 6.57. The van der Waals surface area contributed by atoms with E-state index in [4.69, 9.17) is 4.74 Å². The Kier molecular flexibility index (Phi) is 3.66. The second kappa shape index (κ2) is 5.82. The van der Waals surface area contributed by atoms with Crippen LogP contribution in [0.5, 0.6) is 0 Å². The van der Waals surface area contributed by atoms with Gasteiger partial charge in [0.05, 0.1) is 29.6 Å². The first-order valence-corrected chi connectivity index (χ1v) is 8.62. The summed E-state index contributed by atoms with van der Waals surface area (Å²) >= 11 is 1.64. The molecule has 1 atom stereocenters. The third-order valence-corrected chi connectivity index (χ3v) is 5.04. The first kappa shape index (κ1) is 14.5. The minimum atomic E-state index is -0.107. The van der Waals surface area contributed by atoms with Crippen molar-refractivity contribution in [3.8, 4) is 0 Å². The Morgan fingerprint density at radius 2 is 2.48 bits per heavy atom. The zero-order valence-electron chi connectivity index (χ0n) is 12.9. The van der Waals surface area contributed by atoms with Crippen LogP contribution >= 0.6 is 11.3 Å². The lowest BCUT2D eigenvalue weighted by Gasteiger charge is -2.32. The predicted octanol–water partition coefficient (Wildman–Crippen LogP) is 2.66. The molecule has 4 rings (SSSR count). The van der Waals surface area contributed by atoms with Gasteiger partial charge in [0.15, 0.2) is 0 Å². The van der Waals surface area contributed by atoms with Crippen molar-refractivity contribution in [2.24, 2.45) is 0 Å². The summed E-state index contributed by atoms with van der Waals surface area (Å²) in [7, 11) is 0. The van der Waals surface area contributed by atoms with Gasteiger partial charge >= 0.3 is 0 Å². The van der Waals surface area contributed by atoms with Gasteiger partial charge in [-0.1, -0.05) is 0 Å². The van der Waals surface area contributed by atoms with Gasteiger partial charge < -0.3 is 14.6 Å². The molecule has 4 heterocycles. The molecule has 1 fully saturated rings. The van der Waals surface area contributed by atoms with Gasteiger partial charge in [0.1, 0.15) is 11.8 Å². The average Bonchev–Trinajstić information content (AvgIpc) is 3.29. The molecule has 1 unspecified atom stereocenters. The summed E-state index contributed by atoms with van der Waals surface area (Å²) in [4.78, 5) is 17.8. The van der Waals surface area contributed by atoms with Crippen LogP contribution in [0.2, 0.25) is 0 Å². The molecule has 0 aromatic carbocycles. The first-order chi connectivity index (χ1) is 11.2. The quantitative estimate of drug-likeness (QED) is 0.803. The van der Waals surface area contributed by atoms with Gasteiger partial charge in [0.25, 0.3) is 5.91 Å². The van der Waals surface area contributed by atoms with Gasteiger partial charge in [-0.2, -0.15) is 5.10 Å². The van der Waals surface area contributed by atoms with Crippen LogP contribution in [0.25, 0.3) is 10.2 Å². The van der Waals surface area contributed by atoms with E-state index in [1.54, 1.807) is 11.3 Å². The lowest BCUT2D eigenvalue weighted by atomic mass is 10.1. The smallest absolute Gasteiger partial charge is 0.270 e. The number of thiophene rings is 1. The van der Waals surface area contributed by atoms with Gasteiger partial charge in [-0.15, -0.1) is 11.3 Å². The van der Waals surface area contributed by atoms with Gasteiger partial charge in [0, 0.05) is 24.8 Å². The second-order valence-electron chi connectivity index (χ2n) is 5.62. The number of hydrogen-bond acceptors (Lipinski definition) is 4. The number of amides is 1. The molecule has 0 saturated carbocycles. The van der Waals surface area contributed by atoms with Crippen molar-refractivity contribution in [1.82, 2.24) is 19.7 Å². The third-order valence-electron chi connectivity index (χ3n) is 4.17. The van der Waals surface area contributed by atoms with E-state index < -0.39 is 0 Å². The summed E-state index contributed by atoms with van der Waals surface area (Å²) in [6.07, 6.45) is 3.71. The lowest BCUT2D eigenvalue weighted by Crippen LogP contribution is -2.42. The molecule has 23 heavy (non-hydrogen) atoms. The molecule has 0 radical (unpaired) electrons. The Balaban J connectivity index is 1.52. The van der Waals surface area contributed by atoms with Crippen molar-refractivity contribution < 1.29 is 9.53 Å². The summed E-state index contributed by atoms with van der Waals surface area (Å²) in [6, 6.07) is 3.93. The SMILES string of the molecule is CCn1cc(C2CN(C(=O)c3cc4sccc4[nH]3)CCO2)cn1. The van der Waals surface area contributed by atoms with Crippen molar-refractivity contribution >= 4 is 27.5 Å². The van der Waals surface area contributed by atoms with Gasteiger partial charge in [-0.3, -0.25) is 9.48 Å². The fourth-order valence-electron chi connectivity index (χ4n) is 2.89. The summed E-state index contributed by atoms with van der Waals surface area (Å²) < 4.78 is 8.81.